The van der Waals surface area contributed by atoms with E-state index in [-0.39, 0.29) is 0 Å². The summed E-state index contributed by atoms with van der Waals surface area (Å²) in [7, 11) is 0. The predicted molar refractivity (Wildman–Crippen MR) is 97.4 cm³/mol. The molecular formula is C20H28N2. The van der Waals surface area contributed by atoms with Crippen LogP contribution in [0.15, 0.2) is 30.3 Å². The van der Waals surface area contributed by atoms with Gasteiger partial charge in [-0.05, 0) is 59.1 Å². The molecule has 0 spiro atoms. The van der Waals surface area contributed by atoms with Crippen LogP contribution >= 0.6 is 0 Å². The first kappa shape index (κ1) is 16.4. The summed E-state index contributed by atoms with van der Waals surface area (Å²) >= 11 is 0. The number of benzene rings is 2. The Morgan fingerprint density at radius 3 is 1.82 bits per heavy atom. The third-order valence-corrected chi connectivity index (χ3v) is 4.29. The highest BCUT2D eigenvalue weighted by Crippen LogP contribution is 2.32. The molecule has 2 aromatic rings. The van der Waals surface area contributed by atoms with Gasteiger partial charge < -0.3 is 11.5 Å². The van der Waals surface area contributed by atoms with E-state index in [1.54, 1.807) is 0 Å². The molecule has 2 aromatic carbocycles. The third-order valence-electron chi connectivity index (χ3n) is 4.29. The highest BCUT2D eigenvalue weighted by molar-refractivity contribution is 5.59. The fourth-order valence-corrected chi connectivity index (χ4v) is 2.90. The maximum absolute atomic E-state index is 6.37. The molecule has 0 amide bonds. The summed E-state index contributed by atoms with van der Waals surface area (Å²) < 4.78 is 0. The minimum absolute atomic E-state index is 0.436. The van der Waals surface area contributed by atoms with Crippen LogP contribution in [0.25, 0.3) is 0 Å². The lowest BCUT2D eigenvalue weighted by Gasteiger charge is -2.19. The predicted octanol–water partition coefficient (Wildman–Crippen LogP) is 5.00. The lowest BCUT2D eigenvalue weighted by atomic mass is 9.89. The Kier molecular flexibility index (Phi) is 4.80. The van der Waals surface area contributed by atoms with Crippen LogP contribution in [0, 0.1) is 6.92 Å². The molecule has 0 aromatic heterocycles. The quantitative estimate of drug-likeness (QED) is 0.780. The largest absolute Gasteiger partial charge is 0.399 e. The molecule has 0 heterocycles. The molecule has 4 N–H and O–H groups in total. The van der Waals surface area contributed by atoms with Crippen LogP contribution in [0.2, 0.25) is 0 Å². The van der Waals surface area contributed by atoms with Gasteiger partial charge in [0.1, 0.15) is 0 Å². The van der Waals surface area contributed by atoms with Gasteiger partial charge in [0.15, 0.2) is 0 Å². The number of anilines is 2. The molecular weight excluding hydrogens is 268 g/mol. The van der Waals surface area contributed by atoms with Crippen LogP contribution in [0.3, 0.4) is 0 Å². The Morgan fingerprint density at radius 2 is 1.36 bits per heavy atom. The lowest BCUT2D eigenvalue weighted by Crippen LogP contribution is -2.05. The summed E-state index contributed by atoms with van der Waals surface area (Å²) in [5, 5.41) is 0. The molecule has 2 nitrogen and oxygen atoms in total. The van der Waals surface area contributed by atoms with Crippen molar-refractivity contribution in [2.24, 2.45) is 0 Å². The third kappa shape index (κ3) is 3.44. The number of nitrogen functional groups attached to an aromatic ring is 2. The van der Waals surface area contributed by atoms with Crippen molar-refractivity contribution in [3.63, 3.8) is 0 Å². The van der Waals surface area contributed by atoms with E-state index in [0.29, 0.717) is 11.8 Å². The molecule has 0 saturated heterocycles. The van der Waals surface area contributed by atoms with Crippen LogP contribution < -0.4 is 11.5 Å². The second-order valence-corrected chi connectivity index (χ2v) is 6.87. The molecule has 0 aliphatic rings. The van der Waals surface area contributed by atoms with Crippen molar-refractivity contribution in [3.05, 3.63) is 58.1 Å². The summed E-state index contributed by atoms with van der Waals surface area (Å²) in [6, 6.07) is 10.8. The number of rotatable bonds is 4. The maximum Gasteiger partial charge on any atom is 0.0384 e. The van der Waals surface area contributed by atoms with Crippen LogP contribution in [0.5, 0.6) is 0 Å². The van der Waals surface area contributed by atoms with Crippen molar-refractivity contribution >= 4 is 11.4 Å². The summed E-state index contributed by atoms with van der Waals surface area (Å²) in [6.07, 6.45) is 0.917. The molecule has 22 heavy (non-hydrogen) atoms. The molecule has 0 aliphatic carbocycles. The van der Waals surface area contributed by atoms with Crippen molar-refractivity contribution in [3.8, 4) is 0 Å². The highest BCUT2D eigenvalue weighted by Gasteiger charge is 2.13. The molecule has 2 heteroatoms. The Morgan fingerprint density at radius 1 is 0.818 bits per heavy atom. The van der Waals surface area contributed by atoms with Crippen molar-refractivity contribution in [1.82, 2.24) is 0 Å². The van der Waals surface area contributed by atoms with Gasteiger partial charge >= 0.3 is 0 Å². The monoisotopic (exact) mass is 296 g/mol. The van der Waals surface area contributed by atoms with Crippen molar-refractivity contribution in [2.75, 3.05) is 11.5 Å². The molecule has 0 atom stereocenters. The normalized spacial score (nSPS) is 11.4. The summed E-state index contributed by atoms with van der Waals surface area (Å²) in [5.41, 5.74) is 20.4. The Balaban J connectivity index is 2.44. The smallest absolute Gasteiger partial charge is 0.0384 e. The average molecular weight is 296 g/mol. The molecule has 0 aliphatic heterocycles. The van der Waals surface area contributed by atoms with E-state index in [4.69, 9.17) is 11.5 Å². The van der Waals surface area contributed by atoms with Gasteiger partial charge in [-0.2, -0.15) is 0 Å². The summed E-state index contributed by atoms with van der Waals surface area (Å²) in [6.45, 7) is 10.9. The average Bonchev–Trinajstić information content (AvgIpc) is 2.44. The van der Waals surface area contributed by atoms with Gasteiger partial charge in [-0.25, -0.2) is 0 Å². The molecule has 0 bridgehead atoms. The van der Waals surface area contributed by atoms with Crippen LogP contribution in [0.1, 0.15) is 67.3 Å². The van der Waals surface area contributed by atoms with E-state index in [9.17, 15) is 0 Å². The van der Waals surface area contributed by atoms with Crippen LogP contribution in [0.4, 0.5) is 11.4 Å². The van der Waals surface area contributed by atoms with Gasteiger partial charge in [0, 0.05) is 11.4 Å². The zero-order valence-electron chi connectivity index (χ0n) is 14.4. The molecule has 2 rings (SSSR count). The SMILES string of the molecule is Cc1cc(Cc2cc(C(C)C)c(N)c(C(C)C)c2)ccc1N. The number of nitrogens with two attached hydrogens (primary N) is 2. The van der Waals surface area contributed by atoms with E-state index in [1.165, 1.54) is 22.3 Å². The summed E-state index contributed by atoms with van der Waals surface area (Å²) in [4.78, 5) is 0. The number of aryl methyl sites for hydroxylation is 1. The first-order valence-corrected chi connectivity index (χ1v) is 8.06. The van der Waals surface area contributed by atoms with Gasteiger partial charge in [-0.15, -0.1) is 0 Å². The second kappa shape index (κ2) is 6.43. The fourth-order valence-electron chi connectivity index (χ4n) is 2.90. The van der Waals surface area contributed by atoms with Crippen molar-refractivity contribution in [2.45, 2.75) is 52.9 Å². The number of hydrogen-bond donors (Lipinski definition) is 2. The second-order valence-electron chi connectivity index (χ2n) is 6.87. The highest BCUT2D eigenvalue weighted by atomic mass is 14.6. The topological polar surface area (TPSA) is 52.0 Å². The molecule has 0 unspecified atom stereocenters. The van der Waals surface area contributed by atoms with Gasteiger partial charge in [-0.1, -0.05) is 52.0 Å². The fraction of sp³-hybridized carbons (Fsp3) is 0.400. The van der Waals surface area contributed by atoms with Crippen molar-refractivity contribution < 1.29 is 0 Å². The van der Waals surface area contributed by atoms with E-state index in [0.717, 1.165) is 23.4 Å². The Labute approximate surface area is 134 Å². The van der Waals surface area contributed by atoms with E-state index >= 15 is 0 Å². The Bertz CT molecular complexity index is 640. The lowest BCUT2D eigenvalue weighted by molar-refractivity contribution is 0.834. The molecule has 0 fully saturated rings. The van der Waals surface area contributed by atoms with Crippen LogP contribution in [-0.2, 0) is 6.42 Å². The Hall–Kier alpha value is -1.96. The van der Waals surface area contributed by atoms with E-state index < -0.39 is 0 Å². The molecule has 0 radical (unpaired) electrons. The van der Waals surface area contributed by atoms with E-state index in [1.807, 2.05) is 6.07 Å². The zero-order chi connectivity index (χ0) is 16.4. The number of hydrogen-bond acceptors (Lipinski definition) is 2. The van der Waals surface area contributed by atoms with Crippen molar-refractivity contribution in [1.29, 1.82) is 0 Å². The van der Waals surface area contributed by atoms with Gasteiger partial charge in [0.2, 0.25) is 0 Å². The van der Waals surface area contributed by atoms with Gasteiger partial charge in [0.05, 0.1) is 0 Å². The molecule has 0 saturated carbocycles. The zero-order valence-corrected chi connectivity index (χ0v) is 14.4. The first-order chi connectivity index (χ1) is 10.3. The molecule has 118 valence electrons. The minimum Gasteiger partial charge on any atom is -0.399 e. The summed E-state index contributed by atoms with van der Waals surface area (Å²) in [5.74, 6) is 0.871. The standard InChI is InChI=1S/C20H28N2/c1-12(2)17-10-16(11-18(13(3)4)20(17)22)9-15-6-7-19(21)14(5)8-15/h6-8,10-13H,9,21-22H2,1-5H3. The van der Waals surface area contributed by atoms with Crippen LogP contribution in [-0.4, -0.2) is 0 Å². The van der Waals surface area contributed by atoms with Gasteiger partial charge in [-0.3, -0.25) is 0 Å². The maximum atomic E-state index is 6.37. The first-order valence-electron chi connectivity index (χ1n) is 8.06. The van der Waals surface area contributed by atoms with E-state index in [2.05, 4.69) is 58.9 Å². The van der Waals surface area contributed by atoms with Gasteiger partial charge in [0.25, 0.3) is 0 Å². The minimum atomic E-state index is 0.436.